The van der Waals surface area contributed by atoms with Crippen LogP contribution in [0.3, 0.4) is 0 Å². The van der Waals surface area contributed by atoms with E-state index in [9.17, 15) is 4.79 Å². The zero-order valence-electron chi connectivity index (χ0n) is 11.3. The molecule has 2 aromatic rings. The number of methoxy groups -OCH3 is 1. The van der Waals surface area contributed by atoms with Crippen LogP contribution in [0.4, 0.5) is 0 Å². The maximum absolute atomic E-state index is 11.5. The largest absolute Gasteiger partial charge is 0.497 e. The van der Waals surface area contributed by atoms with Crippen LogP contribution in [0, 0.1) is 0 Å². The van der Waals surface area contributed by atoms with E-state index in [-0.39, 0.29) is 6.10 Å². The molecule has 1 amide bonds. The highest BCUT2D eigenvalue weighted by molar-refractivity contribution is 6.03. The second-order valence-corrected chi connectivity index (χ2v) is 4.56. The number of hydrogen-bond acceptors (Lipinski definition) is 3. The average molecular weight is 259 g/mol. The van der Waals surface area contributed by atoms with E-state index < -0.39 is 5.91 Å². The molecule has 0 aromatic heterocycles. The standard InChI is InChI=1S/C15H17NO3/c1-9(2)19-14-12(15(16)17)7-5-10-4-6-11(18-3)8-13(10)14/h4-9H,1-3H3,(H2,16,17). The lowest BCUT2D eigenvalue weighted by atomic mass is 10.0. The second kappa shape index (κ2) is 5.18. The molecule has 0 spiro atoms. The van der Waals surface area contributed by atoms with Crippen LogP contribution >= 0.6 is 0 Å². The number of amides is 1. The van der Waals surface area contributed by atoms with Crippen LogP contribution in [0.25, 0.3) is 10.8 Å². The number of benzene rings is 2. The molecule has 0 heterocycles. The topological polar surface area (TPSA) is 61.5 Å². The molecule has 0 radical (unpaired) electrons. The number of ether oxygens (including phenoxy) is 2. The normalized spacial score (nSPS) is 10.7. The summed E-state index contributed by atoms with van der Waals surface area (Å²) < 4.78 is 11.0. The van der Waals surface area contributed by atoms with Gasteiger partial charge in [-0.15, -0.1) is 0 Å². The SMILES string of the molecule is COc1ccc2ccc(C(N)=O)c(OC(C)C)c2c1. The molecule has 4 nitrogen and oxygen atoms in total. The first kappa shape index (κ1) is 13.2. The summed E-state index contributed by atoms with van der Waals surface area (Å²) in [5.41, 5.74) is 5.79. The summed E-state index contributed by atoms with van der Waals surface area (Å²) in [6, 6.07) is 9.17. The molecule has 0 fully saturated rings. The molecule has 0 unspecified atom stereocenters. The van der Waals surface area contributed by atoms with Gasteiger partial charge in [0, 0.05) is 5.39 Å². The zero-order chi connectivity index (χ0) is 14.0. The van der Waals surface area contributed by atoms with Crippen molar-refractivity contribution in [2.75, 3.05) is 7.11 Å². The van der Waals surface area contributed by atoms with Crippen LogP contribution in [-0.2, 0) is 0 Å². The Labute approximate surface area is 112 Å². The number of carbonyl (C=O) groups excluding carboxylic acids is 1. The van der Waals surface area contributed by atoms with Crippen LogP contribution in [0.5, 0.6) is 11.5 Å². The fraction of sp³-hybridized carbons (Fsp3) is 0.267. The molecule has 4 heteroatoms. The van der Waals surface area contributed by atoms with Gasteiger partial charge in [-0.1, -0.05) is 12.1 Å². The molecule has 2 N–H and O–H groups in total. The van der Waals surface area contributed by atoms with Crippen molar-refractivity contribution in [2.45, 2.75) is 20.0 Å². The Morgan fingerprint density at radius 3 is 2.47 bits per heavy atom. The van der Waals surface area contributed by atoms with Crippen LogP contribution in [0.2, 0.25) is 0 Å². The first-order valence-corrected chi connectivity index (χ1v) is 6.10. The second-order valence-electron chi connectivity index (χ2n) is 4.56. The summed E-state index contributed by atoms with van der Waals surface area (Å²) >= 11 is 0. The molecule has 0 aliphatic rings. The highest BCUT2D eigenvalue weighted by atomic mass is 16.5. The van der Waals surface area contributed by atoms with Gasteiger partial charge in [0.2, 0.25) is 0 Å². The van der Waals surface area contributed by atoms with Gasteiger partial charge < -0.3 is 15.2 Å². The molecular formula is C15H17NO3. The number of fused-ring (bicyclic) bond motifs is 1. The molecule has 0 aliphatic carbocycles. The van der Waals surface area contributed by atoms with E-state index in [0.29, 0.717) is 17.1 Å². The third kappa shape index (κ3) is 2.62. The predicted molar refractivity (Wildman–Crippen MR) is 74.8 cm³/mol. The van der Waals surface area contributed by atoms with Gasteiger partial charge in [-0.25, -0.2) is 0 Å². The number of carbonyl (C=O) groups is 1. The molecule has 0 saturated heterocycles. The number of hydrogen-bond donors (Lipinski definition) is 1. The van der Waals surface area contributed by atoms with Gasteiger partial charge in [0.15, 0.2) is 0 Å². The third-order valence-corrected chi connectivity index (χ3v) is 2.80. The molecule has 2 aromatic carbocycles. The lowest BCUT2D eigenvalue weighted by molar-refractivity contribution is 0.0995. The Balaban J connectivity index is 2.72. The molecule has 0 aliphatic heterocycles. The van der Waals surface area contributed by atoms with Crippen molar-refractivity contribution in [1.82, 2.24) is 0 Å². The minimum atomic E-state index is -0.500. The summed E-state index contributed by atoms with van der Waals surface area (Å²) in [7, 11) is 1.60. The summed E-state index contributed by atoms with van der Waals surface area (Å²) in [6.45, 7) is 3.81. The maximum atomic E-state index is 11.5. The van der Waals surface area contributed by atoms with E-state index in [0.717, 1.165) is 10.8 Å². The summed E-state index contributed by atoms with van der Waals surface area (Å²) in [5.74, 6) is 0.724. The lowest BCUT2D eigenvalue weighted by Gasteiger charge is -2.16. The van der Waals surface area contributed by atoms with E-state index >= 15 is 0 Å². The Morgan fingerprint density at radius 1 is 1.21 bits per heavy atom. The first-order chi connectivity index (χ1) is 9.02. The summed E-state index contributed by atoms with van der Waals surface area (Å²) in [4.78, 5) is 11.5. The maximum Gasteiger partial charge on any atom is 0.252 e. The number of nitrogens with two attached hydrogens (primary N) is 1. The van der Waals surface area contributed by atoms with Gasteiger partial charge in [0.25, 0.3) is 5.91 Å². The van der Waals surface area contributed by atoms with Gasteiger partial charge in [-0.3, -0.25) is 4.79 Å². The van der Waals surface area contributed by atoms with Crippen molar-refractivity contribution < 1.29 is 14.3 Å². The molecule has 0 atom stereocenters. The van der Waals surface area contributed by atoms with Gasteiger partial charge >= 0.3 is 0 Å². The average Bonchev–Trinajstić information content (AvgIpc) is 2.37. The Kier molecular flexibility index (Phi) is 3.60. The van der Waals surface area contributed by atoms with E-state index in [1.54, 1.807) is 13.2 Å². The highest BCUT2D eigenvalue weighted by Gasteiger charge is 2.15. The van der Waals surface area contributed by atoms with E-state index in [1.807, 2.05) is 38.1 Å². The summed E-state index contributed by atoms with van der Waals surface area (Å²) in [5, 5.41) is 1.80. The van der Waals surface area contributed by atoms with E-state index in [4.69, 9.17) is 15.2 Å². The highest BCUT2D eigenvalue weighted by Crippen LogP contribution is 2.33. The smallest absolute Gasteiger partial charge is 0.252 e. The van der Waals surface area contributed by atoms with Gasteiger partial charge in [0.05, 0.1) is 18.8 Å². The fourth-order valence-corrected chi connectivity index (χ4v) is 1.95. The van der Waals surface area contributed by atoms with Crippen molar-refractivity contribution in [3.8, 4) is 11.5 Å². The molecular weight excluding hydrogens is 242 g/mol. The monoisotopic (exact) mass is 259 g/mol. The van der Waals surface area contributed by atoms with E-state index in [2.05, 4.69) is 0 Å². The molecule has 0 saturated carbocycles. The zero-order valence-corrected chi connectivity index (χ0v) is 11.3. The minimum Gasteiger partial charge on any atom is -0.497 e. The molecule has 100 valence electrons. The van der Waals surface area contributed by atoms with Crippen LogP contribution in [0.1, 0.15) is 24.2 Å². The van der Waals surface area contributed by atoms with Gasteiger partial charge in [0.1, 0.15) is 11.5 Å². The van der Waals surface area contributed by atoms with Crippen molar-refractivity contribution >= 4 is 16.7 Å². The minimum absolute atomic E-state index is 0.0464. The molecule has 2 rings (SSSR count). The van der Waals surface area contributed by atoms with E-state index in [1.165, 1.54) is 0 Å². The first-order valence-electron chi connectivity index (χ1n) is 6.10. The lowest BCUT2D eigenvalue weighted by Crippen LogP contribution is -2.15. The van der Waals surface area contributed by atoms with Crippen molar-refractivity contribution in [3.05, 3.63) is 35.9 Å². The van der Waals surface area contributed by atoms with Crippen LogP contribution < -0.4 is 15.2 Å². The molecule has 19 heavy (non-hydrogen) atoms. The van der Waals surface area contributed by atoms with Crippen molar-refractivity contribution in [2.24, 2.45) is 5.73 Å². The third-order valence-electron chi connectivity index (χ3n) is 2.80. The predicted octanol–water partition coefficient (Wildman–Crippen LogP) is 2.73. The van der Waals surface area contributed by atoms with Crippen LogP contribution in [-0.4, -0.2) is 19.1 Å². The molecule has 0 bridgehead atoms. The Bertz CT molecular complexity index is 620. The number of rotatable bonds is 4. The quantitative estimate of drug-likeness (QED) is 0.918. The fourth-order valence-electron chi connectivity index (χ4n) is 1.95. The van der Waals surface area contributed by atoms with Gasteiger partial charge in [-0.2, -0.15) is 0 Å². The summed E-state index contributed by atoms with van der Waals surface area (Å²) in [6.07, 6.45) is -0.0464. The number of primary amides is 1. The Morgan fingerprint density at radius 2 is 1.89 bits per heavy atom. The van der Waals surface area contributed by atoms with Crippen molar-refractivity contribution in [1.29, 1.82) is 0 Å². The van der Waals surface area contributed by atoms with Crippen LogP contribution in [0.15, 0.2) is 30.3 Å². The Hall–Kier alpha value is -2.23. The van der Waals surface area contributed by atoms with Gasteiger partial charge in [-0.05, 0) is 37.4 Å². The van der Waals surface area contributed by atoms with Crippen molar-refractivity contribution in [3.63, 3.8) is 0 Å².